The summed E-state index contributed by atoms with van der Waals surface area (Å²) in [6, 6.07) is 67.3. The van der Waals surface area contributed by atoms with Crippen LogP contribution in [0.2, 0.25) is 0 Å². The molecule has 0 unspecified atom stereocenters. The summed E-state index contributed by atoms with van der Waals surface area (Å²) in [5, 5.41) is 12.7. The third kappa shape index (κ3) is 4.20. The Morgan fingerprint density at radius 3 is 1.57 bits per heavy atom. The fourth-order valence-corrected chi connectivity index (χ4v) is 10.0. The molecule has 0 aliphatic heterocycles. The Bertz CT molecular complexity index is 3470. The first kappa shape index (κ1) is 29.0. The number of aromatic nitrogens is 2. The van der Waals surface area contributed by atoms with Gasteiger partial charge in [0.2, 0.25) is 0 Å². The highest BCUT2D eigenvalue weighted by Gasteiger charge is 2.20. The van der Waals surface area contributed by atoms with Crippen LogP contribution in [0.4, 0.5) is 0 Å². The number of para-hydroxylation sites is 1. The maximum atomic E-state index is 2.50. The standard InChI is InChI=1S/C50H30N2S/c1-3-11-33-27-37(21-17-31(33)9-1)51-45-15-7-5-13-39(45)43-29-35(19-25-46(43)51)36-20-26-47-44(30-36)41-23-24-42-40-14-6-8-16-48(40)53-50(42)49(41)52(47)38-22-18-32-10-2-4-12-34(32)28-38/h1-30H. The van der Waals surface area contributed by atoms with E-state index in [4.69, 9.17) is 0 Å². The lowest BCUT2D eigenvalue weighted by molar-refractivity contribution is 1.19. The van der Waals surface area contributed by atoms with Crippen LogP contribution in [-0.2, 0) is 0 Å². The second-order valence-corrected chi connectivity index (χ2v) is 15.2. The maximum absolute atomic E-state index is 2.50. The minimum absolute atomic E-state index is 1.18. The average molecular weight is 691 g/mol. The molecule has 3 heteroatoms. The van der Waals surface area contributed by atoms with Crippen LogP contribution in [0.15, 0.2) is 182 Å². The molecule has 0 saturated carbocycles. The highest BCUT2D eigenvalue weighted by atomic mass is 32.1. The van der Waals surface area contributed by atoms with Crippen LogP contribution in [0.5, 0.6) is 0 Å². The molecule has 0 aliphatic carbocycles. The third-order valence-corrected chi connectivity index (χ3v) is 12.5. The van der Waals surface area contributed by atoms with Gasteiger partial charge in [-0.25, -0.2) is 0 Å². The molecule has 0 radical (unpaired) electrons. The van der Waals surface area contributed by atoms with E-state index in [-0.39, 0.29) is 0 Å². The molecular weight excluding hydrogens is 661 g/mol. The van der Waals surface area contributed by atoms with Crippen molar-refractivity contribution < 1.29 is 0 Å². The van der Waals surface area contributed by atoms with Gasteiger partial charge in [-0.2, -0.15) is 0 Å². The molecule has 12 rings (SSSR count). The van der Waals surface area contributed by atoms with Crippen LogP contribution in [0, 0.1) is 0 Å². The molecule has 0 atom stereocenters. The van der Waals surface area contributed by atoms with E-state index in [9.17, 15) is 0 Å². The Hall–Kier alpha value is -6.68. The van der Waals surface area contributed by atoms with Gasteiger partial charge in [0.25, 0.3) is 0 Å². The van der Waals surface area contributed by atoms with Crippen molar-refractivity contribution in [1.82, 2.24) is 9.13 Å². The fraction of sp³-hybridized carbons (Fsp3) is 0. The van der Waals surface area contributed by atoms with Crippen molar-refractivity contribution in [3.05, 3.63) is 182 Å². The molecule has 0 fully saturated rings. The molecule has 0 spiro atoms. The first-order valence-corrected chi connectivity index (χ1v) is 19.0. The molecule has 3 heterocycles. The predicted molar refractivity (Wildman–Crippen MR) is 228 cm³/mol. The molecule has 3 aromatic heterocycles. The number of benzene rings is 9. The summed E-state index contributed by atoms with van der Waals surface area (Å²) in [4.78, 5) is 0. The van der Waals surface area contributed by atoms with Crippen LogP contribution < -0.4 is 0 Å². The minimum atomic E-state index is 1.18. The highest BCUT2D eigenvalue weighted by molar-refractivity contribution is 7.26. The van der Waals surface area contributed by atoms with Gasteiger partial charge in [-0.1, -0.05) is 121 Å². The van der Waals surface area contributed by atoms with Gasteiger partial charge in [-0.3, -0.25) is 0 Å². The Morgan fingerprint density at radius 2 is 0.849 bits per heavy atom. The summed E-state index contributed by atoms with van der Waals surface area (Å²) in [5.41, 5.74) is 9.73. The zero-order chi connectivity index (χ0) is 34.6. The minimum Gasteiger partial charge on any atom is -0.309 e. The molecule has 9 aromatic carbocycles. The molecule has 246 valence electrons. The Kier molecular flexibility index (Phi) is 5.96. The quantitative estimate of drug-likeness (QED) is 0.175. The third-order valence-electron chi connectivity index (χ3n) is 11.3. The summed E-state index contributed by atoms with van der Waals surface area (Å²) in [6.45, 7) is 0. The number of rotatable bonds is 3. The predicted octanol–water partition coefficient (Wildman–Crippen LogP) is 14.2. The van der Waals surface area contributed by atoms with E-state index in [2.05, 4.69) is 191 Å². The smallest absolute Gasteiger partial charge is 0.0719 e. The van der Waals surface area contributed by atoms with Gasteiger partial charge in [0.1, 0.15) is 0 Å². The van der Waals surface area contributed by atoms with E-state index in [1.807, 2.05) is 11.3 Å². The zero-order valence-corrected chi connectivity index (χ0v) is 29.4. The number of thiophene rings is 1. The summed E-state index contributed by atoms with van der Waals surface area (Å²) in [6.07, 6.45) is 0. The van der Waals surface area contributed by atoms with Gasteiger partial charge in [-0.05, 0) is 93.3 Å². The van der Waals surface area contributed by atoms with Crippen LogP contribution in [0.1, 0.15) is 0 Å². The van der Waals surface area contributed by atoms with Crippen molar-refractivity contribution in [2.24, 2.45) is 0 Å². The van der Waals surface area contributed by atoms with E-state index < -0.39 is 0 Å². The molecular formula is C50H30N2S. The maximum Gasteiger partial charge on any atom is 0.0719 e. The van der Waals surface area contributed by atoms with Crippen molar-refractivity contribution in [3.8, 4) is 22.5 Å². The summed E-state index contributed by atoms with van der Waals surface area (Å²) in [5.74, 6) is 0. The lowest BCUT2D eigenvalue weighted by Gasteiger charge is -2.11. The van der Waals surface area contributed by atoms with Crippen LogP contribution in [0.3, 0.4) is 0 Å². The second-order valence-electron chi connectivity index (χ2n) is 14.2. The van der Waals surface area contributed by atoms with E-state index in [1.54, 1.807) is 0 Å². The van der Waals surface area contributed by atoms with Crippen molar-refractivity contribution >= 4 is 96.7 Å². The molecule has 0 bridgehead atoms. The van der Waals surface area contributed by atoms with Crippen molar-refractivity contribution in [2.45, 2.75) is 0 Å². The van der Waals surface area contributed by atoms with E-state index in [0.29, 0.717) is 0 Å². The van der Waals surface area contributed by atoms with Crippen molar-refractivity contribution in [1.29, 1.82) is 0 Å². The Balaban J connectivity index is 1.10. The highest BCUT2D eigenvalue weighted by Crippen LogP contribution is 2.44. The first-order valence-electron chi connectivity index (χ1n) is 18.2. The van der Waals surface area contributed by atoms with Crippen LogP contribution in [-0.4, -0.2) is 9.13 Å². The molecule has 0 N–H and O–H groups in total. The molecule has 0 saturated heterocycles. The average Bonchev–Trinajstić information content (AvgIpc) is 3.88. The molecule has 12 aromatic rings. The van der Waals surface area contributed by atoms with Gasteiger partial charge in [0.15, 0.2) is 0 Å². The molecule has 0 amide bonds. The molecule has 2 nitrogen and oxygen atoms in total. The van der Waals surface area contributed by atoms with Gasteiger partial charge in [0, 0.05) is 48.4 Å². The Morgan fingerprint density at radius 1 is 0.321 bits per heavy atom. The van der Waals surface area contributed by atoms with Crippen molar-refractivity contribution in [2.75, 3.05) is 0 Å². The zero-order valence-electron chi connectivity index (χ0n) is 28.6. The van der Waals surface area contributed by atoms with Crippen molar-refractivity contribution in [3.63, 3.8) is 0 Å². The van der Waals surface area contributed by atoms with Crippen LogP contribution in [0.25, 0.3) is 108 Å². The van der Waals surface area contributed by atoms with E-state index in [1.165, 1.54) is 108 Å². The summed E-state index contributed by atoms with van der Waals surface area (Å²) >= 11 is 1.90. The van der Waals surface area contributed by atoms with Gasteiger partial charge < -0.3 is 9.13 Å². The van der Waals surface area contributed by atoms with Crippen LogP contribution >= 0.6 is 11.3 Å². The monoisotopic (exact) mass is 690 g/mol. The lowest BCUT2D eigenvalue weighted by Crippen LogP contribution is -1.94. The van der Waals surface area contributed by atoms with E-state index in [0.717, 1.165) is 0 Å². The second kappa shape index (κ2) is 10.9. The fourth-order valence-electron chi connectivity index (χ4n) is 8.79. The summed E-state index contributed by atoms with van der Waals surface area (Å²) < 4.78 is 7.57. The molecule has 53 heavy (non-hydrogen) atoms. The topological polar surface area (TPSA) is 9.86 Å². The van der Waals surface area contributed by atoms with Gasteiger partial charge >= 0.3 is 0 Å². The van der Waals surface area contributed by atoms with E-state index >= 15 is 0 Å². The summed E-state index contributed by atoms with van der Waals surface area (Å²) in [7, 11) is 0. The number of fused-ring (bicyclic) bond motifs is 12. The van der Waals surface area contributed by atoms with Gasteiger partial charge in [0.05, 0.1) is 26.8 Å². The largest absolute Gasteiger partial charge is 0.309 e. The molecule has 0 aliphatic rings. The normalized spacial score (nSPS) is 12.2. The Labute approximate surface area is 309 Å². The lowest BCUT2D eigenvalue weighted by atomic mass is 10.0. The number of hydrogen-bond acceptors (Lipinski definition) is 1. The SMILES string of the molecule is c1ccc2cc(-n3c4ccccc4c4cc(-c5ccc6c(c5)c5ccc7c8ccccc8sc7c5n6-c5ccc6ccccc6c5)ccc43)ccc2c1. The van der Waals surface area contributed by atoms with Gasteiger partial charge in [-0.15, -0.1) is 11.3 Å². The first-order chi connectivity index (χ1) is 26.3. The number of nitrogens with zero attached hydrogens (tertiary/aromatic N) is 2. The number of hydrogen-bond donors (Lipinski definition) is 0.